The molecule has 1 aromatic heterocycles. The first-order valence-corrected chi connectivity index (χ1v) is 5.58. The van der Waals surface area contributed by atoms with E-state index in [9.17, 15) is 9.90 Å². The first-order valence-electron chi connectivity index (χ1n) is 5.58. The molecule has 1 unspecified atom stereocenters. The molecule has 1 aromatic rings. The van der Waals surface area contributed by atoms with Crippen LogP contribution in [0.1, 0.15) is 19.8 Å². The van der Waals surface area contributed by atoms with Crippen LogP contribution in [0.4, 0.5) is 5.69 Å². The second-order valence-corrected chi connectivity index (χ2v) is 4.50. The van der Waals surface area contributed by atoms with Crippen molar-refractivity contribution in [2.75, 3.05) is 12.4 Å². The van der Waals surface area contributed by atoms with Crippen molar-refractivity contribution in [2.45, 2.75) is 25.3 Å². The minimum absolute atomic E-state index is 0.196. The van der Waals surface area contributed by atoms with Crippen LogP contribution in [0.5, 0.6) is 5.88 Å². The van der Waals surface area contributed by atoms with Gasteiger partial charge < -0.3 is 15.2 Å². The zero-order chi connectivity index (χ0) is 12.5. The molecule has 0 bridgehead atoms. The van der Waals surface area contributed by atoms with Crippen LogP contribution in [0.25, 0.3) is 0 Å². The zero-order valence-electron chi connectivity index (χ0n) is 9.93. The Labute approximate surface area is 99.8 Å². The van der Waals surface area contributed by atoms with Crippen molar-refractivity contribution < 1.29 is 14.6 Å². The average molecular weight is 236 g/mol. The highest BCUT2D eigenvalue weighted by atomic mass is 16.5. The van der Waals surface area contributed by atoms with E-state index in [-0.39, 0.29) is 5.92 Å². The first-order chi connectivity index (χ1) is 8.06. The highest BCUT2D eigenvalue weighted by molar-refractivity contribution is 5.83. The van der Waals surface area contributed by atoms with Gasteiger partial charge in [-0.3, -0.25) is 0 Å². The topological polar surface area (TPSA) is 71.5 Å². The Morgan fingerprint density at radius 2 is 2.29 bits per heavy atom. The van der Waals surface area contributed by atoms with Gasteiger partial charge in [0.05, 0.1) is 19.0 Å². The highest BCUT2D eigenvalue weighted by Gasteiger charge is 2.47. The predicted molar refractivity (Wildman–Crippen MR) is 63.2 cm³/mol. The monoisotopic (exact) mass is 236 g/mol. The van der Waals surface area contributed by atoms with Gasteiger partial charge in [-0.15, -0.1) is 0 Å². The maximum atomic E-state index is 11.3. The molecule has 1 atom stereocenters. The number of carboxylic acids is 1. The molecular formula is C12H16N2O3. The van der Waals surface area contributed by atoms with Crippen LogP contribution in [0.2, 0.25) is 0 Å². The number of ether oxygens (including phenoxy) is 1. The fraction of sp³-hybridized carbons (Fsp3) is 0.500. The van der Waals surface area contributed by atoms with E-state index in [0.29, 0.717) is 11.6 Å². The Morgan fingerprint density at radius 1 is 1.59 bits per heavy atom. The van der Waals surface area contributed by atoms with E-state index >= 15 is 0 Å². The SMILES string of the molecule is COc1ccc(NC(C)(C(=O)O)C2CC2)cn1. The molecule has 5 heteroatoms. The van der Waals surface area contributed by atoms with Crippen LogP contribution >= 0.6 is 0 Å². The molecule has 2 N–H and O–H groups in total. The van der Waals surface area contributed by atoms with Gasteiger partial charge in [-0.25, -0.2) is 9.78 Å². The normalized spacial score (nSPS) is 18.2. The fourth-order valence-electron chi connectivity index (χ4n) is 1.87. The maximum absolute atomic E-state index is 11.3. The Kier molecular flexibility index (Phi) is 2.92. The van der Waals surface area contributed by atoms with E-state index in [4.69, 9.17) is 4.74 Å². The minimum atomic E-state index is -0.906. The van der Waals surface area contributed by atoms with E-state index in [0.717, 1.165) is 12.8 Å². The summed E-state index contributed by atoms with van der Waals surface area (Å²) in [5.74, 6) is -0.114. The molecule has 17 heavy (non-hydrogen) atoms. The second-order valence-electron chi connectivity index (χ2n) is 4.50. The summed E-state index contributed by atoms with van der Waals surface area (Å²) in [7, 11) is 1.54. The summed E-state index contributed by atoms with van der Waals surface area (Å²) in [6.07, 6.45) is 3.50. The molecule has 1 aliphatic carbocycles. The van der Waals surface area contributed by atoms with Gasteiger partial charge in [-0.05, 0) is 31.7 Å². The number of carbonyl (C=O) groups is 1. The molecule has 0 spiro atoms. The molecule has 0 aromatic carbocycles. The van der Waals surface area contributed by atoms with Crippen molar-refractivity contribution in [1.29, 1.82) is 0 Å². The summed E-state index contributed by atoms with van der Waals surface area (Å²) < 4.78 is 4.95. The summed E-state index contributed by atoms with van der Waals surface area (Å²) in [6.45, 7) is 1.72. The average Bonchev–Trinajstić information content (AvgIpc) is 3.13. The van der Waals surface area contributed by atoms with Gasteiger partial charge >= 0.3 is 5.97 Å². The van der Waals surface area contributed by atoms with Gasteiger partial charge in [-0.2, -0.15) is 0 Å². The number of pyridine rings is 1. The molecule has 2 rings (SSSR count). The Morgan fingerprint density at radius 3 is 2.71 bits per heavy atom. The lowest BCUT2D eigenvalue weighted by Crippen LogP contribution is -2.45. The number of rotatable bonds is 5. The molecule has 0 saturated heterocycles. The summed E-state index contributed by atoms with van der Waals surface area (Å²) in [5.41, 5.74) is -0.210. The quantitative estimate of drug-likeness (QED) is 0.815. The van der Waals surface area contributed by atoms with Crippen molar-refractivity contribution in [2.24, 2.45) is 5.92 Å². The third kappa shape index (κ3) is 2.33. The molecule has 0 amide bonds. The number of methoxy groups -OCH3 is 1. The minimum Gasteiger partial charge on any atom is -0.481 e. The number of hydrogen-bond donors (Lipinski definition) is 2. The molecule has 1 saturated carbocycles. The van der Waals surface area contributed by atoms with E-state index in [1.807, 2.05) is 0 Å². The van der Waals surface area contributed by atoms with Gasteiger partial charge in [0.15, 0.2) is 0 Å². The fourth-order valence-corrected chi connectivity index (χ4v) is 1.87. The van der Waals surface area contributed by atoms with Crippen LogP contribution in [0.15, 0.2) is 18.3 Å². The lowest BCUT2D eigenvalue weighted by molar-refractivity contribution is -0.142. The lowest BCUT2D eigenvalue weighted by Gasteiger charge is -2.27. The Balaban J connectivity index is 2.14. The van der Waals surface area contributed by atoms with Crippen molar-refractivity contribution in [3.8, 4) is 5.88 Å². The van der Waals surface area contributed by atoms with Gasteiger partial charge in [0.2, 0.25) is 5.88 Å². The predicted octanol–water partition coefficient (Wildman–Crippen LogP) is 1.76. The van der Waals surface area contributed by atoms with Gasteiger partial charge in [0.1, 0.15) is 5.54 Å². The molecule has 1 fully saturated rings. The number of aromatic nitrogens is 1. The van der Waals surface area contributed by atoms with Crippen molar-refractivity contribution in [1.82, 2.24) is 4.98 Å². The molecule has 0 aliphatic heterocycles. The molecule has 5 nitrogen and oxygen atoms in total. The molecule has 1 heterocycles. The summed E-state index contributed by atoms with van der Waals surface area (Å²) >= 11 is 0. The largest absolute Gasteiger partial charge is 0.481 e. The van der Waals surface area contributed by atoms with E-state index < -0.39 is 11.5 Å². The summed E-state index contributed by atoms with van der Waals surface area (Å²) in [4.78, 5) is 15.4. The van der Waals surface area contributed by atoms with Crippen LogP contribution in [-0.4, -0.2) is 28.7 Å². The number of carboxylic acid groups (broad SMARTS) is 1. The van der Waals surface area contributed by atoms with Crippen molar-refractivity contribution >= 4 is 11.7 Å². The maximum Gasteiger partial charge on any atom is 0.329 e. The molecule has 92 valence electrons. The zero-order valence-corrected chi connectivity index (χ0v) is 9.93. The third-order valence-corrected chi connectivity index (χ3v) is 3.19. The van der Waals surface area contributed by atoms with Gasteiger partial charge in [0, 0.05) is 6.07 Å². The smallest absolute Gasteiger partial charge is 0.329 e. The van der Waals surface area contributed by atoms with Crippen molar-refractivity contribution in [3.05, 3.63) is 18.3 Å². The second kappa shape index (κ2) is 4.24. The van der Waals surface area contributed by atoms with Crippen LogP contribution in [0, 0.1) is 5.92 Å². The number of anilines is 1. The van der Waals surface area contributed by atoms with E-state index in [1.165, 1.54) is 0 Å². The number of hydrogen-bond acceptors (Lipinski definition) is 4. The first kappa shape index (κ1) is 11.7. The number of nitrogens with zero attached hydrogens (tertiary/aromatic N) is 1. The van der Waals surface area contributed by atoms with Crippen molar-refractivity contribution in [3.63, 3.8) is 0 Å². The molecular weight excluding hydrogens is 220 g/mol. The summed E-state index contributed by atoms with van der Waals surface area (Å²) in [5, 5.41) is 12.3. The van der Waals surface area contributed by atoms with Gasteiger partial charge in [-0.1, -0.05) is 0 Å². The Bertz CT molecular complexity index is 414. The summed E-state index contributed by atoms with van der Waals surface area (Å²) in [6, 6.07) is 3.48. The van der Waals surface area contributed by atoms with Crippen LogP contribution in [-0.2, 0) is 4.79 Å². The number of aliphatic carboxylic acids is 1. The molecule has 0 radical (unpaired) electrons. The third-order valence-electron chi connectivity index (χ3n) is 3.19. The Hall–Kier alpha value is -1.78. The molecule has 1 aliphatic rings. The van der Waals surface area contributed by atoms with Gasteiger partial charge in [0.25, 0.3) is 0 Å². The number of nitrogens with one attached hydrogen (secondary N) is 1. The van der Waals surface area contributed by atoms with Crippen LogP contribution < -0.4 is 10.1 Å². The van der Waals surface area contributed by atoms with Crippen LogP contribution in [0.3, 0.4) is 0 Å². The highest BCUT2D eigenvalue weighted by Crippen LogP contribution is 2.41. The van der Waals surface area contributed by atoms with E-state index in [1.54, 1.807) is 32.4 Å². The van der Waals surface area contributed by atoms with E-state index in [2.05, 4.69) is 10.3 Å². The lowest BCUT2D eigenvalue weighted by atomic mass is 9.96. The standard InChI is InChI=1S/C12H16N2O3/c1-12(11(15)16,8-3-4-8)14-9-5-6-10(17-2)13-7-9/h5-8,14H,3-4H2,1-2H3,(H,15,16).